The number of nitrogens with zero attached hydrogens (tertiary/aromatic N) is 3. The van der Waals surface area contributed by atoms with Gasteiger partial charge < -0.3 is 14.8 Å². The molecule has 1 N–H and O–H groups in total. The molecule has 1 aromatic heterocycles. The number of imidazole rings is 1. The minimum absolute atomic E-state index is 0.0459. The second-order valence-corrected chi connectivity index (χ2v) is 5.21. The molecule has 0 aromatic carbocycles. The fourth-order valence-electron chi connectivity index (χ4n) is 2.52. The summed E-state index contributed by atoms with van der Waals surface area (Å²) in [4.78, 5) is 30.0. The van der Waals surface area contributed by atoms with Crippen molar-refractivity contribution in [3.8, 4) is 0 Å². The lowest BCUT2D eigenvalue weighted by molar-refractivity contribution is -0.148. The summed E-state index contributed by atoms with van der Waals surface area (Å²) in [6.07, 6.45) is 7.79. The van der Waals surface area contributed by atoms with E-state index in [1.807, 2.05) is 17.7 Å². The minimum atomic E-state index is -0.376. The van der Waals surface area contributed by atoms with Gasteiger partial charge in [0, 0.05) is 25.5 Å². The third kappa shape index (κ3) is 3.18. The van der Waals surface area contributed by atoms with E-state index < -0.39 is 0 Å². The van der Waals surface area contributed by atoms with E-state index in [0.717, 1.165) is 19.4 Å². The molecule has 1 aliphatic heterocycles. The molecule has 2 atom stereocenters. The van der Waals surface area contributed by atoms with Crippen LogP contribution < -0.4 is 5.32 Å². The Morgan fingerprint density at radius 3 is 2.80 bits per heavy atom. The van der Waals surface area contributed by atoms with Gasteiger partial charge in [0.15, 0.2) is 0 Å². The molecule has 6 heteroatoms. The molecule has 110 valence electrons. The summed E-state index contributed by atoms with van der Waals surface area (Å²) in [6, 6.07) is -0.727. The standard InChI is InChI=1S/C14H22N4O2/c1-3-5-12-14(20)18(11(2)13(19)16-12)8-4-7-17-9-6-15-10-17/h6,9-12H,3-5,7-8H2,1-2H3,(H,16,19). The summed E-state index contributed by atoms with van der Waals surface area (Å²) in [7, 11) is 0. The molecule has 2 unspecified atom stereocenters. The van der Waals surface area contributed by atoms with E-state index in [4.69, 9.17) is 0 Å². The highest BCUT2D eigenvalue weighted by Crippen LogP contribution is 2.14. The van der Waals surface area contributed by atoms with Gasteiger partial charge in [0.2, 0.25) is 11.8 Å². The van der Waals surface area contributed by atoms with Crippen molar-refractivity contribution in [3.63, 3.8) is 0 Å². The maximum Gasteiger partial charge on any atom is 0.245 e. The van der Waals surface area contributed by atoms with Gasteiger partial charge in [0.1, 0.15) is 12.1 Å². The van der Waals surface area contributed by atoms with Gasteiger partial charge in [-0.2, -0.15) is 0 Å². The molecule has 1 saturated heterocycles. The summed E-state index contributed by atoms with van der Waals surface area (Å²) in [5, 5.41) is 2.81. The highest BCUT2D eigenvalue weighted by Gasteiger charge is 2.36. The van der Waals surface area contributed by atoms with Gasteiger partial charge in [0.25, 0.3) is 0 Å². The number of rotatable bonds is 6. The molecule has 20 heavy (non-hydrogen) atoms. The predicted octanol–water partition coefficient (Wildman–Crippen LogP) is 0.789. The lowest BCUT2D eigenvalue weighted by Crippen LogP contribution is -2.62. The minimum Gasteiger partial charge on any atom is -0.343 e. The fourth-order valence-corrected chi connectivity index (χ4v) is 2.52. The lowest BCUT2D eigenvalue weighted by Gasteiger charge is -2.37. The van der Waals surface area contributed by atoms with Crippen molar-refractivity contribution in [2.24, 2.45) is 0 Å². The first kappa shape index (κ1) is 14.6. The van der Waals surface area contributed by atoms with Crippen LogP contribution in [0.25, 0.3) is 0 Å². The second-order valence-electron chi connectivity index (χ2n) is 5.21. The molecule has 0 aliphatic carbocycles. The Kier molecular flexibility index (Phi) is 4.76. The number of aromatic nitrogens is 2. The van der Waals surface area contributed by atoms with Crippen molar-refractivity contribution >= 4 is 11.8 Å². The Morgan fingerprint density at radius 1 is 1.35 bits per heavy atom. The Labute approximate surface area is 119 Å². The Balaban J connectivity index is 1.92. The summed E-state index contributed by atoms with van der Waals surface area (Å²) < 4.78 is 1.97. The average molecular weight is 278 g/mol. The number of amides is 2. The molecule has 2 heterocycles. The van der Waals surface area contributed by atoms with Crippen LogP contribution in [0.5, 0.6) is 0 Å². The quantitative estimate of drug-likeness (QED) is 0.836. The molecule has 0 spiro atoms. The number of hydrogen-bond donors (Lipinski definition) is 1. The maximum absolute atomic E-state index is 12.4. The van der Waals surface area contributed by atoms with E-state index in [0.29, 0.717) is 13.0 Å². The number of piperazine rings is 1. The first-order valence-corrected chi connectivity index (χ1v) is 7.20. The van der Waals surface area contributed by atoms with Crippen molar-refractivity contribution in [3.05, 3.63) is 18.7 Å². The van der Waals surface area contributed by atoms with Crippen LogP contribution in [0.4, 0.5) is 0 Å². The zero-order valence-corrected chi connectivity index (χ0v) is 12.1. The van der Waals surface area contributed by atoms with E-state index in [-0.39, 0.29) is 23.9 Å². The molecule has 6 nitrogen and oxygen atoms in total. The molecule has 2 rings (SSSR count). The SMILES string of the molecule is CCCC1NC(=O)C(C)N(CCCn2ccnc2)C1=O. The van der Waals surface area contributed by atoms with Crippen LogP contribution in [0.1, 0.15) is 33.1 Å². The second kappa shape index (κ2) is 6.54. The average Bonchev–Trinajstić information content (AvgIpc) is 2.93. The van der Waals surface area contributed by atoms with Crippen molar-refractivity contribution in [1.82, 2.24) is 19.8 Å². The van der Waals surface area contributed by atoms with Crippen molar-refractivity contribution in [1.29, 1.82) is 0 Å². The summed E-state index contributed by atoms with van der Waals surface area (Å²) >= 11 is 0. The highest BCUT2D eigenvalue weighted by molar-refractivity contribution is 5.96. The van der Waals surface area contributed by atoms with Gasteiger partial charge in [-0.15, -0.1) is 0 Å². The largest absolute Gasteiger partial charge is 0.343 e. The third-order valence-electron chi connectivity index (χ3n) is 3.70. The monoisotopic (exact) mass is 278 g/mol. The fraction of sp³-hybridized carbons (Fsp3) is 0.643. The summed E-state index contributed by atoms with van der Waals surface area (Å²) in [5.74, 6) is -0.00439. The third-order valence-corrected chi connectivity index (χ3v) is 3.70. The Morgan fingerprint density at radius 2 is 2.15 bits per heavy atom. The first-order valence-electron chi connectivity index (χ1n) is 7.20. The molecule has 1 aromatic rings. The van der Waals surface area contributed by atoms with Gasteiger partial charge in [-0.1, -0.05) is 13.3 Å². The summed E-state index contributed by atoms with van der Waals surface area (Å²) in [5.41, 5.74) is 0. The molecule has 1 aliphatic rings. The van der Waals surface area contributed by atoms with Crippen LogP contribution >= 0.6 is 0 Å². The number of carbonyl (C=O) groups excluding carboxylic acids is 2. The highest BCUT2D eigenvalue weighted by atomic mass is 16.2. The molecule has 2 amide bonds. The smallest absolute Gasteiger partial charge is 0.245 e. The van der Waals surface area contributed by atoms with Gasteiger partial charge in [-0.3, -0.25) is 9.59 Å². The van der Waals surface area contributed by atoms with E-state index in [1.165, 1.54) is 0 Å². The van der Waals surface area contributed by atoms with Crippen LogP contribution in [0.2, 0.25) is 0 Å². The van der Waals surface area contributed by atoms with Crippen LogP contribution in [-0.2, 0) is 16.1 Å². The number of carbonyl (C=O) groups is 2. The van der Waals surface area contributed by atoms with E-state index in [2.05, 4.69) is 10.3 Å². The first-order chi connectivity index (χ1) is 9.63. The Bertz CT molecular complexity index is 458. The zero-order chi connectivity index (χ0) is 14.5. The van der Waals surface area contributed by atoms with Crippen LogP contribution in [0.3, 0.4) is 0 Å². The summed E-state index contributed by atoms with van der Waals surface area (Å²) in [6.45, 7) is 5.20. The predicted molar refractivity (Wildman–Crippen MR) is 74.9 cm³/mol. The normalized spacial score (nSPS) is 23.0. The van der Waals surface area contributed by atoms with Crippen molar-refractivity contribution < 1.29 is 9.59 Å². The van der Waals surface area contributed by atoms with Crippen LogP contribution in [0, 0.1) is 0 Å². The molecule has 0 saturated carbocycles. The lowest BCUT2D eigenvalue weighted by atomic mass is 10.0. The molecule has 1 fully saturated rings. The maximum atomic E-state index is 12.4. The number of hydrogen-bond acceptors (Lipinski definition) is 3. The van der Waals surface area contributed by atoms with E-state index in [9.17, 15) is 9.59 Å². The van der Waals surface area contributed by atoms with Crippen LogP contribution in [0.15, 0.2) is 18.7 Å². The van der Waals surface area contributed by atoms with Gasteiger partial charge in [-0.05, 0) is 19.8 Å². The molecular weight excluding hydrogens is 256 g/mol. The molecular formula is C14H22N4O2. The molecule has 0 bridgehead atoms. The van der Waals surface area contributed by atoms with Crippen molar-refractivity contribution in [2.45, 2.75) is 51.7 Å². The van der Waals surface area contributed by atoms with Crippen molar-refractivity contribution in [2.75, 3.05) is 6.54 Å². The molecule has 0 radical (unpaired) electrons. The van der Waals surface area contributed by atoms with Gasteiger partial charge in [0.05, 0.1) is 6.33 Å². The van der Waals surface area contributed by atoms with Crippen LogP contribution in [-0.4, -0.2) is 44.9 Å². The Hall–Kier alpha value is -1.85. The zero-order valence-electron chi connectivity index (χ0n) is 12.1. The van der Waals surface area contributed by atoms with E-state index in [1.54, 1.807) is 24.3 Å². The topological polar surface area (TPSA) is 67.2 Å². The van der Waals surface area contributed by atoms with Gasteiger partial charge in [-0.25, -0.2) is 4.98 Å². The number of aryl methyl sites for hydroxylation is 1. The van der Waals surface area contributed by atoms with Gasteiger partial charge >= 0.3 is 0 Å². The number of nitrogens with one attached hydrogen (secondary N) is 1. The van der Waals surface area contributed by atoms with E-state index >= 15 is 0 Å².